The minimum atomic E-state index is -0.407. The third kappa shape index (κ3) is 4.63. The number of anilines is 2. The van der Waals surface area contributed by atoms with E-state index in [9.17, 15) is 4.79 Å². The van der Waals surface area contributed by atoms with Crippen LogP contribution in [0.5, 0.6) is 5.75 Å². The summed E-state index contributed by atoms with van der Waals surface area (Å²) in [6.45, 7) is 4.34. The molecule has 1 aromatic heterocycles. The van der Waals surface area contributed by atoms with Crippen LogP contribution in [-0.4, -0.2) is 23.5 Å². The van der Waals surface area contributed by atoms with E-state index in [2.05, 4.69) is 15.6 Å². The monoisotopic (exact) mass is 319 g/mol. The van der Waals surface area contributed by atoms with E-state index in [1.54, 1.807) is 19.1 Å². The fourth-order valence-electron chi connectivity index (χ4n) is 1.81. The van der Waals surface area contributed by atoms with Crippen molar-refractivity contribution in [2.75, 3.05) is 17.2 Å². The second-order valence-electron chi connectivity index (χ2n) is 4.67. The summed E-state index contributed by atoms with van der Waals surface area (Å²) in [5, 5.41) is 6.37. The lowest BCUT2D eigenvalue weighted by Crippen LogP contribution is -2.32. The largest absolute Gasteiger partial charge is 0.494 e. The Morgan fingerprint density at radius 1 is 1.27 bits per heavy atom. The highest BCUT2D eigenvalue weighted by molar-refractivity contribution is 6.30. The molecule has 0 bridgehead atoms. The lowest BCUT2D eigenvalue weighted by atomic mass is 10.2. The Kier molecular flexibility index (Phi) is 5.61. The van der Waals surface area contributed by atoms with Crippen LogP contribution in [0.2, 0.25) is 5.02 Å². The van der Waals surface area contributed by atoms with E-state index < -0.39 is 6.04 Å². The van der Waals surface area contributed by atoms with Gasteiger partial charge in [-0.1, -0.05) is 11.6 Å². The van der Waals surface area contributed by atoms with Crippen LogP contribution in [-0.2, 0) is 4.79 Å². The number of amides is 1. The van der Waals surface area contributed by atoms with Crippen molar-refractivity contribution in [1.82, 2.24) is 4.98 Å². The van der Waals surface area contributed by atoms with Crippen molar-refractivity contribution in [3.8, 4) is 5.75 Å². The molecule has 0 unspecified atom stereocenters. The van der Waals surface area contributed by atoms with E-state index in [0.717, 1.165) is 11.4 Å². The maximum Gasteiger partial charge on any atom is 0.247 e. The van der Waals surface area contributed by atoms with Gasteiger partial charge in [-0.25, -0.2) is 4.98 Å². The molecular weight excluding hydrogens is 302 g/mol. The fraction of sp³-hybridized carbons (Fsp3) is 0.250. The van der Waals surface area contributed by atoms with E-state index in [4.69, 9.17) is 16.3 Å². The first-order valence-electron chi connectivity index (χ1n) is 7.00. The molecule has 0 saturated carbocycles. The van der Waals surface area contributed by atoms with E-state index in [1.165, 1.54) is 6.20 Å². The number of carbonyl (C=O) groups excluding carboxylic acids is 1. The first-order valence-corrected chi connectivity index (χ1v) is 7.38. The second kappa shape index (κ2) is 7.66. The molecule has 0 aliphatic carbocycles. The number of ether oxygens (including phenoxy) is 1. The molecule has 0 aliphatic heterocycles. The molecule has 1 atom stereocenters. The third-order valence-electron chi connectivity index (χ3n) is 2.92. The zero-order valence-electron chi connectivity index (χ0n) is 12.5. The van der Waals surface area contributed by atoms with Crippen molar-refractivity contribution in [3.05, 3.63) is 47.6 Å². The molecule has 116 valence electrons. The molecule has 22 heavy (non-hydrogen) atoms. The zero-order valence-corrected chi connectivity index (χ0v) is 13.2. The summed E-state index contributed by atoms with van der Waals surface area (Å²) in [5.74, 6) is 1.09. The standard InChI is InChI=1S/C16H18ClN3O2/c1-3-22-14-7-5-13(6-8-14)19-11(2)16(21)20-15-9-4-12(17)10-18-15/h4-11,19H,3H2,1-2H3,(H,18,20,21)/t11-/m1/s1. The summed E-state index contributed by atoms with van der Waals surface area (Å²) in [6, 6.07) is 10.4. The average molecular weight is 320 g/mol. The number of hydrogen-bond acceptors (Lipinski definition) is 4. The highest BCUT2D eigenvalue weighted by atomic mass is 35.5. The highest BCUT2D eigenvalue weighted by Gasteiger charge is 2.13. The summed E-state index contributed by atoms with van der Waals surface area (Å²) in [6.07, 6.45) is 1.49. The molecule has 1 aromatic carbocycles. The molecule has 5 nitrogen and oxygen atoms in total. The quantitative estimate of drug-likeness (QED) is 0.854. The molecule has 2 N–H and O–H groups in total. The van der Waals surface area contributed by atoms with Crippen molar-refractivity contribution in [2.45, 2.75) is 19.9 Å². The Balaban J connectivity index is 1.91. The van der Waals surface area contributed by atoms with Crippen LogP contribution in [0.3, 0.4) is 0 Å². The smallest absolute Gasteiger partial charge is 0.247 e. The van der Waals surface area contributed by atoms with Gasteiger partial charge in [-0.15, -0.1) is 0 Å². The molecule has 6 heteroatoms. The van der Waals surface area contributed by atoms with Crippen LogP contribution in [0.4, 0.5) is 11.5 Å². The van der Waals surface area contributed by atoms with Gasteiger partial charge in [0.1, 0.15) is 17.6 Å². The normalized spacial score (nSPS) is 11.6. The van der Waals surface area contributed by atoms with E-state index in [0.29, 0.717) is 17.4 Å². The van der Waals surface area contributed by atoms with E-state index in [1.807, 2.05) is 31.2 Å². The Bertz CT molecular complexity index is 614. The number of halogens is 1. The van der Waals surface area contributed by atoms with Gasteiger partial charge in [0.05, 0.1) is 11.6 Å². The number of pyridine rings is 1. The van der Waals surface area contributed by atoms with Gasteiger partial charge in [0.25, 0.3) is 0 Å². The van der Waals surface area contributed by atoms with Crippen LogP contribution in [0.15, 0.2) is 42.6 Å². The Hall–Kier alpha value is -2.27. The molecule has 1 amide bonds. The number of nitrogens with one attached hydrogen (secondary N) is 2. The number of benzene rings is 1. The summed E-state index contributed by atoms with van der Waals surface area (Å²) in [4.78, 5) is 16.1. The fourth-order valence-corrected chi connectivity index (χ4v) is 1.93. The molecule has 2 aromatic rings. The minimum Gasteiger partial charge on any atom is -0.494 e. The molecule has 0 saturated heterocycles. The number of hydrogen-bond donors (Lipinski definition) is 2. The molecule has 0 aliphatic rings. The molecule has 0 fully saturated rings. The number of aromatic nitrogens is 1. The first-order chi connectivity index (χ1) is 10.6. The number of carbonyl (C=O) groups is 1. The maximum atomic E-state index is 12.1. The third-order valence-corrected chi connectivity index (χ3v) is 3.14. The molecular formula is C16H18ClN3O2. The van der Waals surface area contributed by atoms with Crippen molar-refractivity contribution in [1.29, 1.82) is 0 Å². The summed E-state index contributed by atoms with van der Waals surface area (Å²) in [7, 11) is 0. The predicted molar refractivity (Wildman–Crippen MR) is 88.6 cm³/mol. The van der Waals surface area contributed by atoms with Crippen molar-refractivity contribution >= 4 is 29.0 Å². The van der Waals surface area contributed by atoms with Gasteiger partial charge in [-0.3, -0.25) is 4.79 Å². The Morgan fingerprint density at radius 2 is 2.00 bits per heavy atom. The lowest BCUT2D eigenvalue weighted by molar-refractivity contribution is -0.116. The summed E-state index contributed by atoms with van der Waals surface area (Å²) in [5.41, 5.74) is 0.843. The van der Waals surface area contributed by atoms with Crippen molar-refractivity contribution in [3.63, 3.8) is 0 Å². The van der Waals surface area contributed by atoms with Crippen molar-refractivity contribution < 1.29 is 9.53 Å². The summed E-state index contributed by atoms with van der Waals surface area (Å²) < 4.78 is 5.38. The number of nitrogens with zero attached hydrogens (tertiary/aromatic N) is 1. The Morgan fingerprint density at radius 3 is 2.59 bits per heavy atom. The van der Waals surface area contributed by atoms with Crippen LogP contribution >= 0.6 is 11.6 Å². The molecule has 2 rings (SSSR count). The van der Waals surface area contributed by atoms with Gasteiger partial charge in [0.2, 0.25) is 5.91 Å². The predicted octanol–water partition coefficient (Wildman–Crippen LogP) is 3.57. The van der Waals surface area contributed by atoms with E-state index >= 15 is 0 Å². The molecule has 0 radical (unpaired) electrons. The summed E-state index contributed by atoms with van der Waals surface area (Å²) >= 11 is 5.76. The number of rotatable bonds is 6. The maximum absolute atomic E-state index is 12.1. The minimum absolute atomic E-state index is 0.177. The van der Waals surface area contributed by atoms with E-state index in [-0.39, 0.29) is 5.91 Å². The topological polar surface area (TPSA) is 63.2 Å². The van der Waals surface area contributed by atoms with Gasteiger partial charge >= 0.3 is 0 Å². The lowest BCUT2D eigenvalue weighted by Gasteiger charge is -2.15. The average Bonchev–Trinajstić information content (AvgIpc) is 2.51. The highest BCUT2D eigenvalue weighted by Crippen LogP contribution is 2.17. The van der Waals surface area contributed by atoms with Gasteiger partial charge in [0, 0.05) is 11.9 Å². The van der Waals surface area contributed by atoms with Gasteiger partial charge in [-0.05, 0) is 50.2 Å². The van der Waals surface area contributed by atoms with Gasteiger partial charge in [-0.2, -0.15) is 0 Å². The first kappa shape index (κ1) is 16.1. The second-order valence-corrected chi connectivity index (χ2v) is 5.11. The van der Waals surface area contributed by atoms with Crippen LogP contribution in [0.1, 0.15) is 13.8 Å². The Labute approximate surface area is 134 Å². The molecule has 0 spiro atoms. The van der Waals surface area contributed by atoms with Crippen molar-refractivity contribution in [2.24, 2.45) is 0 Å². The zero-order chi connectivity index (χ0) is 15.9. The van der Waals surface area contributed by atoms with Gasteiger partial charge < -0.3 is 15.4 Å². The SMILES string of the molecule is CCOc1ccc(N[C@H](C)C(=O)Nc2ccc(Cl)cn2)cc1. The van der Waals surface area contributed by atoms with Crippen LogP contribution < -0.4 is 15.4 Å². The van der Waals surface area contributed by atoms with Gasteiger partial charge in [0.15, 0.2) is 0 Å². The van der Waals surface area contributed by atoms with Crippen LogP contribution in [0.25, 0.3) is 0 Å². The molecule has 1 heterocycles. The van der Waals surface area contributed by atoms with Crippen LogP contribution in [0, 0.1) is 0 Å².